The van der Waals surface area contributed by atoms with Crippen LogP contribution in [0.5, 0.6) is 11.5 Å². The zero-order valence-electron chi connectivity index (χ0n) is 19.1. The number of aldehydes is 1. The zero-order chi connectivity index (χ0) is 25.4. The summed E-state index contributed by atoms with van der Waals surface area (Å²) < 4.78 is 61.7. The van der Waals surface area contributed by atoms with Crippen molar-refractivity contribution in [2.45, 2.75) is 32.1 Å². The fourth-order valence-electron chi connectivity index (χ4n) is 3.48. The molecule has 0 saturated heterocycles. The number of alkyl halides is 3. The number of benzene rings is 3. The fraction of sp³-hybridized carbons (Fsp3) is 0.269. The molecular formula is C26H24BrF3O5. The van der Waals surface area contributed by atoms with E-state index in [1.807, 2.05) is 24.3 Å². The highest BCUT2D eigenvalue weighted by Crippen LogP contribution is 2.33. The second kappa shape index (κ2) is 12.2. The molecule has 3 aromatic carbocycles. The summed E-state index contributed by atoms with van der Waals surface area (Å²) in [6.07, 6.45) is -4.83. The molecule has 186 valence electrons. The number of ether oxygens (including phenoxy) is 4. The predicted molar refractivity (Wildman–Crippen MR) is 127 cm³/mol. The minimum Gasteiger partial charge on any atom is -0.493 e. The first-order chi connectivity index (χ1) is 16.7. The molecule has 1 atom stereocenters. The summed E-state index contributed by atoms with van der Waals surface area (Å²) in [5.41, 5.74) is 1.69. The lowest BCUT2D eigenvalue weighted by atomic mass is 10.0. The Balaban J connectivity index is 1.68. The first-order valence-electron chi connectivity index (χ1n) is 10.5. The first kappa shape index (κ1) is 26.7. The van der Waals surface area contributed by atoms with Gasteiger partial charge in [-0.25, -0.2) is 0 Å². The van der Waals surface area contributed by atoms with Crippen LogP contribution in [-0.2, 0) is 40.3 Å². The molecule has 1 unspecified atom stereocenters. The van der Waals surface area contributed by atoms with Gasteiger partial charge >= 0.3 is 6.18 Å². The van der Waals surface area contributed by atoms with Crippen LogP contribution in [0.3, 0.4) is 0 Å². The Hall–Kier alpha value is -2.88. The van der Waals surface area contributed by atoms with Gasteiger partial charge in [-0.15, -0.1) is 0 Å². The first-order valence-corrected chi connectivity index (χ1v) is 11.3. The van der Waals surface area contributed by atoms with E-state index in [1.165, 1.54) is 6.07 Å². The van der Waals surface area contributed by atoms with Gasteiger partial charge in [-0.2, -0.15) is 13.2 Å². The third-order valence-corrected chi connectivity index (χ3v) is 5.63. The molecule has 0 radical (unpaired) electrons. The normalized spacial score (nSPS) is 12.3. The summed E-state index contributed by atoms with van der Waals surface area (Å²) in [5.74, 6) is 1.20. The quantitative estimate of drug-likeness (QED) is 0.249. The maximum Gasteiger partial charge on any atom is 0.416 e. The van der Waals surface area contributed by atoms with Crippen LogP contribution in [0.25, 0.3) is 0 Å². The van der Waals surface area contributed by atoms with E-state index < -0.39 is 17.8 Å². The van der Waals surface area contributed by atoms with Crippen LogP contribution in [0.2, 0.25) is 0 Å². The van der Waals surface area contributed by atoms with Crippen LogP contribution in [0.4, 0.5) is 13.2 Å². The average molecular weight is 553 g/mol. The lowest BCUT2D eigenvalue weighted by Crippen LogP contribution is -2.11. The molecule has 35 heavy (non-hydrogen) atoms. The van der Waals surface area contributed by atoms with Crippen molar-refractivity contribution in [1.29, 1.82) is 0 Å². The molecular weight excluding hydrogens is 529 g/mol. The third-order valence-electron chi connectivity index (χ3n) is 5.17. The Bertz CT molecular complexity index is 1150. The van der Waals surface area contributed by atoms with E-state index in [9.17, 15) is 18.0 Å². The van der Waals surface area contributed by atoms with Crippen LogP contribution in [0.1, 0.15) is 33.9 Å². The molecule has 3 rings (SSSR count). The van der Waals surface area contributed by atoms with E-state index in [4.69, 9.17) is 18.9 Å². The number of rotatable bonds is 11. The van der Waals surface area contributed by atoms with Crippen LogP contribution in [-0.4, -0.2) is 20.5 Å². The van der Waals surface area contributed by atoms with Gasteiger partial charge in [-0.05, 0) is 52.6 Å². The van der Waals surface area contributed by atoms with E-state index in [1.54, 1.807) is 32.4 Å². The van der Waals surface area contributed by atoms with Gasteiger partial charge in [0.05, 0.1) is 39.6 Å². The van der Waals surface area contributed by atoms with Crippen molar-refractivity contribution >= 4 is 22.2 Å². The number of methoxy groups -OCH3 is 2. The topological polar surface area (TPSA) is 54.0 Å². The smallest absolute Gasteiger partial charge is 0.416 e. The van der Waals surface area contributed by atoms with E-state index in [-0.39, 0.29) is 17.7 Å². The predicted octanol–water partition coefficient (Wildman–Crippen LogP) is 6.66. The minimum absolute atomic E-state index is 0.174. The molecule has 9 heteroatoms. The Morgan fingerprint density at radius 3 is 2.31 bits per heavy atom. The van der Waals surface area contributed by atoms with Gasteiger partial charge in [0.25, 0.3) is 0 Å². The molecule has 3 aromatic rings. The van der Waals surface area contributed by atoms with Crippen molar-refractivity contribution in [3.8, 4) is 11.5 Å². The summed E-state index contributed by atoms with van der Waals surface area (Å²) in [5, 5.41) is 0. The molecule has 0 aliphatic rings. The summed E-state index contributed by atoms with van der Waals surface area (Å²) in [7, 11) is 3.11. The Labute approximate surface area is 209 Å². The van der Waals surface area contributed by atoms with Gasteiger partial charge in [0, 0.05) is 4.47 Å². The molecule has 0 aliphatic heterocycles. The molecule has 0 heterocycles. The number of carbonyl (C=O) groups excluding carboxylic acids is 1. The van der Waals surface area contributed by atoms with Crippen molar-refractivity contribution in [3.63, 3.8) is 0 Å². The van der Waals surface area contributed by atoms with Crippen LogP contribution in [0, 0.1) is 0 Å². The third kappa shape index (κ3) is 7.30. The fourth-order valence-corrected chi connectivity index (χ4v) is 4.02. The maximum absolute atomic E-state index is 13.1. The minimum atomic E-state index is -4.49. The largest absolute Gasteiger partial charge is 0.493 e. The Morgan fingerprint density at radius 2 is 1.63 bits per heavy atom. The van der Waals surface area contributed by atoms with E-state index in [2.05, 4.69) is 15.9 Å². The zero-order valence-corrected chi connectivity index (χ0v) is 20.7. The summed E-state index contributed by atoms with van der Waals surface area (Å²) in [4.78, 5) is 11.8. The van der Waals surface area contributed by atoms with Gasteiger partial charge in [0.15, 0.2) is 17.8 Å². The van der Waals surface area contributed by atoms with Crippen LogP contribution in [0.15, 0.2) is 65.1 Å². The molecule has 0 amide bonds. The summed E-state index contributed by atoms with van der Waals surface area (Å²) in [6.45, 7) is 0.319. The van der Waals surface area contributed by atoms with Crippen LogP contribution < -0.4 is 9.47 Å². The highest BCUT2D eigenvalue weighted by atomic mass is 79.9. The molecule has 0 aliphatic carbocycles. The van der Waals surface area contributed by atoms with E-state index in [0.29, 0.717) is 35.5 Å². The van der Waals surface area contributed by atoms with Crippen molar-refractivity contribution in [3.05, 3.63) is 93.0 Å². The molecule has 0 N–H and O–H groups in total. The van der Waals surface area contributed by atoms with Gasteiger partial charge in [-0.3, -0.25) is 0 Å². The second-order valence-electron chi connectivity index (χ2n) is 7.59. The maximum atomic E-state index is 13.1. The number of carbonyl (C=O) groups is 1. The van der Waals surface area contributed by atoms with Crippen molar-refractivity contribution in [2.75, 3.05) is 14.2 Å². The standard InChI is InChI=1S/C26H24BrF3O5/c1-32-23-8-7-17(11-24(23)33-2)14-34-16-19-5-3-4-6-22(19)25(13-31)35-15-18-9-20(26(28,29)30)12-21(27)10-18/h3-13,25H,14-16H2,1-2H3. The van der Waals surface area contributed by atoms with Gasteiger partial charge in [0.2, 0.25) is 0 Å². The molecule has 0 aromatic heterocycles. The molecule has 0 spiro atoms. The Kier molecular flexibility index (Phi) is 9.31. The van der Waals surface area contributed by atoms with Crippen LogP contribution >= 0.6 is 15.9 Å². The molecule has 5 nitrogen and oxygen atoms in total. The lowest BCUT2D eigenvalue weighted by molar-refractivity contribution is -0.137. The lowest BCUT2D eigenvalue weighted by Gasteiger charge is -2.17. The van der Waals surface area contributed by atoms with Crippen molar-refractivity contribution < 1.29 is 36.9 Å². The van der Waals surface area contributed by atoms with Gasteiger partial charge in [-0.1, -0.05) is 46.3 Å². The highest BCUT2D eigenvalue weighted by Gasteiger charge is 2.31. The molecule has 0 bridgehead atoms. The average Bonchev–Trinajstić information content (AvgIpc) is 2.84. The summed E-state index contributed by atoms with van der Waals surface area (Å²) in [6, 6.07) is 16.1. The van der Waals surface area contributed by atoms with Gasteiger partial charge in [0.1, 0.15) is 6.10 Å². The molecule has 0 saturated carbocycles. The molecule has 0 fully saturated rings. The number of hydrogen-bond donors (Lipinski definition) is 0. The van der Waals surface area contributed by atoms with E-state index >= 15 is 0 Å². The van der Waals surface area contributed by atoms with Gasteiger partial charge < -0.3 is 23.7 Å². The SMILES string of the molecule is COc1ccc(COCc2ccccc2C(C=O)OCc2cc(Br)cc(C(F)(F)F)c2)cc1OC. The van der Waals surface area contributed by atoms with Crippen molar-refractivity contribution in [2.24, 2.45) is 0 Å². The summed E-state index contributed by atoms with van der Waals surface area (Å²) >= 11 is 3.09. The second-order valence-corrected chi connectivity index (χ2v) is 8.51. The van der Waals surface area contributed by atoms with E-state index in [0.717, 1.165) is 23.3 Å². The number of halogens is 4. The number of hydrogen-bond acceptors (Lipinski definition) is 5. The highest BCUT2D eigenvalue weighted by molar-refractivity contribution is 9.10. The van der Waals surface area contributed by atoms with Crippen molar-refractivity contribution in [1.82, 2.24) is 0 Å². The monoisotopic (exact) mass is 552 g/mol. The Morgan fingerprint density at radius 1 is 0.886 bits per heavy atom.